The van der Waals surface area contributed by atoms with Crippen molar-refractivity contribution in [3.8, 4) is 5.82 Å². The minimum Gasteiger partial charge on any atom is -0.354 e. The molecule has 0 unspecified atom stereocenters. The molecule has 32 heavy (non-hydrogen) atoms. The van der Waals surface area contributed by atoms with Gasteiger partial charge in [0.1, 0.15) is 0 Å². The van der Waals surface area contributed by atoms with Gasteiger partial charge in [0.05, 0.1) is 10.4 Å². The number of rotatable bonds is 5. The number of likely N-dealkylation sites (tertiary alicyclic amines) is 1. The summed E-state index contributed by atoms with van der Waals surface area (Å²) in [5.41, 5.74) is 1.59. The van der Waals surface area contributed by atoms with Crippen LogP contribution < -0.4 is 5.32 Å². The van der Waals surface area contributed by atoms with Crippen LogP contribution in [-0.4, -0.2) is 51.1 Å². The first-order chi connectivity index (χ1) is 15.7. The molecule has 3 aromatic heterocycles. The van der Waals surface area contributed by atoms with Crippen LogP contribution in [0.2, 0.25) is 0 Å². The first-order valence-corrected chi connectivity index (χ1v) is 11.5. The number of aromatic nitrogens is 3. The fourth-order valence-corrected chi connectivity index (χ4v) is 5.55. The summed E-state index contributed by atoms with van der Waals surface area (Å²) in [5.74, 6) is 0.577. The van der Waals surface area contributed by atoms with Crippen LogP contribution >= 0.6 is 11.3 Å². The molecule has 0 spiro atoms. The topological polar surface area (TPSA) is 80.1 Å². The van der Waals surface area contributed by atoms with Crippen LogP contribution in [0.3, 0.4) is 0 Å². The molecule has 162 valence electrons. The molecular formula is C24H23N5O2S. The second-order valence-electron chi connectivity index (χ2n) is 7.84. The van der Waals surface area contributed by atoms with Crippen LogP contribution in [0.5, 0.6) is 0 Å². The molecule has 0 saturated carbocycles. The van der Waals surface area contributed by atoms with E-state index in [4.69, 9.17) is 0 Å². The normalized spacial score (nSPS) is 15.9. The zero-order chi connectivity index (χ0) is 22.1. The van der Waals surface area contributed by atoms with Gasteiger partial charge in [-0.15, -0.1) is 11.3 Å². The Morgan fingerprint density at radius 2 is 2.06 bits per heavy atom. The average Bonchev–Trinajstić information content (AvgIpc) is 3.59. The summed E-state index contributed by atoms with van der Waals surface area (Å²) in [6, 6.07) is 13.6. The first-order valence-electron chi connectivity index (χ1n) is 10.6. The molecule has 5 rings (SSSR count). The minimum absolute atomic E-state index is 0.0203. The molecule has 1 atom stereocenters. The second kappa shape index (κ2) is 8.55. The predicted octanol–water partition coefficient (Wildman–Crippen LogP) is 3.69. The predicted molar refractivity (Wildman–Crippen MR) is 124 cm³/mol. The molecule has 7 nitrogen and oxygen atoms in total. The van der Waals surface area contributed by atoms with E-state index in [1.54, 1.807) is 36.3 Å². The number of nitrogens with zero attached hydrogens (tertiary/aromatic N) is 4. The molecule has 0 radical (unpaired) electrons. The number of carbonyl (C=O) groups is 2. The smallest absolute Gasteiger partial charge is 0.261 e. The van der Waals surface area contributed by atoms with Gasteiger partial charge in [-0.2, -0.15) is 5.10 Å². The Kier molecular flexibility index (Phi) is 5.45. The van der Waals surface area contributed by atoms with Crippen molar-refractivity contribution in [1.29, 1.82) is 0 Å². The summed E-state index contributed by atoms with van der Waals surface area (Å²) in [7, 11) is 1.65. The van der Waals surface area contributed by atoms with Crippen molar-refractivity contribution in [2.75, 3.05) is 13.6 Å². The Morgan fingerprint density at radius 3 is 2.81 bits per heavy atom. The fourth-order valence-electron chi connectivity index (χ4n) is 4.37. The van der Waals surface area contributed by atoms with Crippen LogP contribution in [0.15, 0.2) is 61.1 Å². The number of amides is 2. The van der Waals surface area contributed by atoms with Gasteiger partial charge in [0.15, 0.2) is 5.82 Å². The average molecular weight is 446 g/mol. The molecule has 0 bridgehead atoms. The van der Waals surface area contributed by atoms with Gasteiger partial charge in [0, 0.05) is 42.9 Å². The van der Waals surface area contributed by atoms with Gasteiger partial charge in [-0.25, -0.2) is 9.67 Å². The molecule has 1 saturated heterocycles. The van der Waals surface area contributed by atoms with Gasteiger partial charge in [-0.1, -0.05) is 18.2 Å². The third kappa shape index (κ3) is 3.67. The van der Waals surface area contributed by atoms with Crippen LogP contribution in [-0.2, 0) is 6.42 Å². The van der Waals surface area contributed by atoms with E-state index >= 15 is 0 Å². The number of fused-ring (bicyclic) bond motifs is 1. The van der Waals surface area contributed by atoms with E-state index in [2.05, 4.69) is 21.5 Å². The summed E-state index contributed by atoms with van der Waals surface area (Å²) >= 11 is 1.51. The van der Waals surface area contributed by atoms with Crippen LogP contribution in [0.25, 0.3) is 15.9 Å². The number of thiophene rings is 1. The Labute approximate surface area is 189 Å². The highest BCUT2D eigenvalue weighted by Crippen LogP contribution is 2.34. The van der Waals surface area contributed by atoms with E-state index in [0.717, 1.165) is 33.4 Å². The second-order valence-corrected chi connectivity index (χ2v) is 8.89. The molecule has 4 aromatic rings. The fraction of sp³-hybridized carbons (Fsp3) is 0.250. The molecule has 8 heteroatoms. The maximum absolute atomic E-state index is 13.3. The van der Waals surface area contributed by atoms with E-state index in [1.807, 2.05) is 35.4 Å². The lowest BCUT2D eigenvalue weighted by Crippen LogP contribution is -2.37. The van der Waals surface area contributed by atoms with Crippen LogP contribution in [0.1, 0.15) is 38.4 Å². The van der Waals surface area contributed by atoms with Gasteiger partial charge in [0.25, 0.3) is 11.8 Å². The zero-order valence-corrected chi connectivity index (χ0v) is 18.5. The maximum atomic E-state index is 13.3. The van der Waals surface area contributed by atoms with Crippen LogP contribution in [0.4, 0.5) is 0 Å². The van der Waals surface area contributed by atoms with Crippen molar-refractivity contribution in [3.63, 3.8) is 0 Å². The highest BCUT2D eigenvalue weighted by Gasteiger charge is 2.32. The third-order valence-corrected chi connectivity index (χ3v) is 7.16. The third-order valence-electron chi connectivity index (χ3n) is 5.94. The molecule has 1 aliphatic heterocycles. The minimum atomic E-state index is -0.0736. The summed E-state index contributed by atoms with van der Waals surface area (Å²) < 4.78 is 2.75. The molecule has 1 aliphatic rings. The summed E-state index contributed by atoms with van der Waals surface area (Å²) in [6.07, 6.45) is 7.66. The summed E-state index contributed by atoms with van der Waals surface area (Å²) in [6.45, 7) is 0.710. The summed E-state index contributed by atoms with van der Waals surface area (Å²) in [4.78, 5) is 32.9. The Morgan fingerprint density at radius 1 is 1.19 bits per heavy atom. The van der Waals surface area contributed by atoms with Crippen molar-refractivity contribution in [1.82, 2.24) is 25.0 Å². The standard InChI is InChI=1S/C24H23N5O2S/c1-25-23(30)22-19(18-7-2-3-8-20(18)32-22)14-17-6-4-12-28(17)24(31)16-9-10-21(26-15-16)29-13-5-11-27-29/h2-3,5,7-11,13,15,17H,4,6,12,14H2,1H3,(H,25,30)/t17-/m0/s1. The van der Waals surface area contributed by atoms with Gasteiger partial charge in [-0.05, 0) is 54.5 Å². The first kappa shape index (κ1) is 20.4. The van der Waals surface area contributed by atoms with Crippen LogP contribution in [0, 0.1) is 0 Å². The Hall–Kier alpha value is -3.52. The van der Waals surface area contributed by atoms with Gasteiger partial charge in [0.2, 0.25) is 0 Å². The van der Waals surface area contributed by atoms with Crippen molar-refractivity contribution >= 4 is 33.2 Å². The zero-order valence-electron chi connectivity index (χ0n) is 17.7. The number of hydrogen-bond donors (Lipinski definition) is 1. The summed E-state index contributed by atoms with van der Waals surface area (Å²) in [5, 5.41) is 8.03. The maximum Gasteiger partial charge on any atom is 0.261 e. The molecule has 4 heterocycles. The highest BCUT2D eigenvalue weighted by atomic mass is 32.1. The lowest BCUT2D eigenvalue weighted by Gasteiger charge is -2.25. The molecule has 1 fully saturated rings. The van der Waals surface area contributed by atoms with Crippen molar-refractivity contribution in [2.45, 2.75) is 25.3 Å². The molecule has 1 N–H and O–H groups in total. The van der Waals surface area contributed by atoms with Crippen molar-refractivity contribution in [2.24, 2.45) is 0 Å². The number of nitrogens with one attached hydrogen (secondary N) is 1. The molecular weight excluding hydrogens is 422 g/mol. The van der Waals surface area contributed by atoms with Gasteiger partial charge < -0.3 is 10.2 Å². The Bertz CT molecular complexity index is 1260. The number of hydrogen-bond acceptors (Lipinski definition) is 5. The van der Waals surface area contributed by atoms with E-state index in [0.29, 0.717) is 24.3 Å². The number of carbonyl (C=O) groups excluding carboxylic acids is 2. The SMILES string of the molecule is CNC(=O)c1sc2ccccc2c1C[C@@H]1CCCN1C(=O)c1ccc(-n2cccn2)nc1. The highest BCUT2D eigenvalue weighted by molar-refractivity contribution is 7.21. The van der Waals surface area contributed by atoms with Gasteiger partial charge >= 0.3 is 0 Å². The van der Waals surface area contributed by atoms with E-state index < -0.39 is 0 Å². The number of pyridine rings is 1. The Balaban J connectivity index is 1.41. The van der Waals surface area contributed by atoms with Crippen molar-refractivity contribution in [3.05, 3.63) is 77.1 Å². The monoisotopic (exact) mass is 445 g/mol. The van der Waals surface area contributed by atoms with E-state index in [-0.39, 0.29) is 17.9 Å². The van der Waals surface area contributed by atoms with E-state index in [9.17, 15) is 9.59 Å². The molecule has 1 aromatic carbocycles. The van der Waals surface area contributed by atoms with E-state index in [1.165, 1.54) is 11.3 Å². The quantitative estimate of drug-likeness (QED) is 0.508. The lowest BCUT2D eigenvalue weighted by atomic mass is 10.00. The lowest BCUT2D eigenvalue weighted by molar-refractivity contribution is 0.0736. The van der Waals surface area contributed by atoms with Gasteiger partial charge in [-0.3, -0.25) is 9.59 Å². The largest absolute Gasteiger partial charge is 0.354 e. The molecule has 0 aliphatic carbocycles. The molecule has 2 amide bonds. The van der Waals surface area contributed by atoms with Crippen molar-refractivity contribution < 1.29 is 9.59 Å². The number of benzene rings is 1.